The van der Waals surface area contributed by atoms with Crippen LogP contribution in [0.2, 0.25) is 10.2 Å². The number of halogens is 3. The minimum atomic E-state index is -0.989. The summed E-state index contributed by atoms with van der Waals surface area (Å²) >= 11 is 12.5. The molecule has 1 atom stereocenters. The van der Waals surface area contributed by atoms with Crippen LogP contribution in [-0.2, 0) is 10.3 Å². The van der Waals surface area contributed by atoms with E-state index in [1.807, 2.05) is 6.07 Å². The molecule has 29 heavy (non-hydrogen) atoms. The van der Waals surface area contributed by atoms with Crippen molar-refractivity contribution in [3.63, 3.8) is 0 Å². The molecule has 0 saturated carbocycles. The van der Waals surface area contributed by atoms with E-state index in [9.17, 15) is 4.39 Å². The van der Waals surface area contributed by atoms with Crippen LogP contribution in [-0.4, -0.2) is 24.7 Å². The molecule has 8 heteroatoms. The Morgan fingerprint density at radius 2 is 1.86 bits per heavy atom. The topological polar surface area (TPSA) is 69.7 Å². The first kappa shape index (κ1) is 19.5. The molecule has 1 aromatic heterocycles. The fraction of sp³-hybridized carbons (Fsp3) is 0.143. The van der Waals surface area contributed by atoms with Gasteiger partial charge in [0.05, 0.1) is 12.1 Å². The number of nitrogens with two attached hydrogens (primary N) is 1. The second-order valence-electron chi connectivity index (χ2n) is 6.48. The summed E-state index contributed by atoms with van der Waals surface area (Å²) < 4.78 is 25.4. The smallest absolute Gasteiger partial charge is 0.283 e. The van der Waals surface area contributed by atoms with Crippen LogP contribution in [0.3, 0.4) is 0 Å². The lowest BCUT2D eigenvalue weighted by atomic mass is 9.83. The van der Waals surface area contributed by atoms with E-state index >= 15 is 0 Å². The number of hydrogen-bond donors (Lipinski definition) is 1. The third-order valence-corrected chi connectivity index (χ3v) is 5.45. The van der Waals surface area contributed by atoms with Gasteiger partial charge in [-0.2, -0.15) is 0 Å². The number of ether oxygens (including phenoxy) is 2. The van der Waals surface area contributed by atoms with Gasteiger partial charge in [0.15, 0.2) is 5.54 Å². The lowest BCUT2D eigenvalue weighted by molar-refractivity contribution is 0.278. The highest BCUT2D eigenvalue weighted by molar-refractivity contribution is 6.32. The Bertz CT molecular complexity index is 1120. The summed E-state index contributed by atoms with van der Waals surface area (Å²) in [6.07, 6.45) is 1.55. The highest BCUT2D eigenvalue weighted by atomic mass is 35.5. The van der Waals surface area contributed by atoms with Crippen LogP contribution in [0.5, 0.6) is 5.75 Å². The number of nitrogens with zero attached hydrogens (tertiary/aromatic N) is 2. The van der Waals surface area contributed by atoms with E-state index in [2.05, 4.69) is 9.98 Å². The van der Waals surface area contributed by atoms with Crippen LogP contribution >= 0.6 is 23.2 Å². The minimum absolute atomic E-state index is 0.0437. The lowest BCUT2D eigenvalue weighted by Gasteiger charge is -2.26. The van der Waals surface area contributed by atoms with Gasteiger partial charge in [-0.1, -0.05) is 35.3 Å². The molecule has 2 N–H and O–H groups in total. The predicted octanol–water partition coefficient (Wildman–Crippen LogP) is 4.79. The molecule has 0 aliphatic carbocycles. The molecule has 5 nitrogen and oxygen atoms in total. The van der Waals surface area contributed by atoms with Gasteiger partial charge in [-0.05, 0) is 47.5 Å². The van der Waals surface area contributed by atoms with Gasteiger partial charge < -0.3 is 15.2 Å². The third-order valence-electron chi connectivity index (χ3n) is 4.85. The van der Waals surface area contributed by atoms with Crippen molar-refractivity contribution < 1.29 is 13.9 Å². The van der Waals surface area contributed by atoms with E-state index < -0.39 is 11.4 Å². The molecule has 3 aromatic rings. The summed E-state index contributed by atoms with van der Waals surface area (Å²) in [6.45, 7) is 0.146. The maximum Gasteiger partial charge on any atom is 0.283 e. The highest BCUT2D eigenvalue weighted by Crippen LogP contribution is 2.42. The fourth-order valence-corrected chi connectivity index (χ4v) is 3.87. The average molecular weight is 432 g/mol. The minimum Gasteiger partial charge on any atom is -0.495 e. The molecule has 2 aromatic carbocycles. The van der Waals surface area contributed by atoms with Crippen molar-refractivity contribution in [2.24, 2.45) is 10.7 Å². The summed E-state index contributed by atoms with van der Waals surface area (Å²) in [5.74, 6) is 0.103. The van der Waals surface area contributed by atoms with Crippen molar-refractivity contribution in [1.82, 2.24) is 4.98 Å². The molecule has 0 radical (unpaired) electrons. The fourth-order valence-electron chi connectivity index (χ4n) is 3.39. The zero-order valence-corrected chi connectivity index (χ0v) is 16.8. The van der Waals surface area contributed by atoms with Crippen molar-refractivity contribution in [2.75, 3.05) is 13.7 Å². The Kier molecular flexibility index (Phi) is 5.06. The Hall–Kier alpha value is -2.83. The van der Waals surface area contributed by atoms with Crippen molar-refractivity contribution in [3.05, 3.63) is 81.8 Å². The van der Waals surface area contributed by atoms with E-state index in [0.717, 1.165) is 5.56 Å². The van der Waals surface area contributed by atoms with Crippen LogP contribution in [0.15, 0.2) is 59.7 Å². The molecule has 2 heterocycles. The van der Waals surface area contributed by atoms with Crippen LogP contribution in [0.1, 0.15) is 11.1 Å². The number of aliphatic imine (C=N–C) groups is 1. The van der Waals surface area contributed by atoms with Gasteiger partial charge in [0, 0.05) is 17.3 Å². The first-order valence-corrected chi connectivity index (χ1v) is 9.43. The number of pyridine rings is 1. The lowest BCUT2D eigenvalue weighted by Crippen LogP contribution is -2.27. The SMILES string of the molecule is COc1ccc(C2(c3ccc(F)c(-c4cccnc4Cl)c3)COC(N)=N2)cc1Cl. The molecule has 0 saturated heterocycles. The maximum absolute atomic E-state index is 14.7. The predicted molar refractivity (Wildman–Crippen MR) is 111 cm³/mol. The van der Waals surface area contributed by atoms with Crippen molar-refractivity contribution in [2.45, 2.75) is 5.54 Å². The number of methoxy groups -OCH3 is 1. The quantitative estimate of drug-likeness (QED) is 0.602. The van der Waals surface area contributed by atoms with Gasteiger partial charge in [0.25, 0.3) is 6.02 Å². The number of benzene rings is 2. The molecule has 4 rings (SSSR count). The molecule has 1 aliphatic heterocycles. The van der Waals surface area contributed by atoms with E-state index in [1.165, 1.54) is 13.2 Å². The molecular formula is C21H16Cl2FN3O2. The van der Waals surface area contributed by atoms with Crippen LogP contribution in [0.4, 0.5) is 4.39 Å². The molecule has 0 spiro atoms. The van der Waals surface area contributed by atoms with Crippen molar-refractivity contribution in [1.29, 1.82) is 0 Å². The van der Waals surface area contributed by atoms with E-state index in [-0.39, 0.29) is 17.8 Å². The number of amidine groups is 1. The standard InChI is InChI=1S/C21H16Cl2FN3O2/c1-28-18-7-5-13(10-16(18)22)21(11-29-20(25)27-21)12-4-6-17(24)15(9-12)14-3-2-8-26-19(14)23/h2-10H,11H2,1H3,(H2,25,27). The van der Waals surface area contributed by atoms with Crippen LogP contribution in [0.25, 0.3) is 11.1 Å². The Labute approximate surface area is 176 Å². The van der Waals surface area contributed by atoms with Gasteiger partial charge in [-0.25, -0.2) is 14.4 Å². The maximum atomic E-state index is 14.7. The monoisotopic (exact) mass is 431 g/mol. The molecular weight excluding hydrogens is 416 g/mol. The molecule has 0 fully saturated rings. The Balaban J connectivity index is 1.91. The summed E-state index contributed by atoms with van der Waals surface area (Å²) in [5.41, 5.74) is 7.05. The van der Waals surface area contributed by atoms with E-state index in [4.69, 9.17) is 38.4 Å². The van der Waals surface area contributed by atoms with Gasteiger partial charge in [0.1, 0.15) is 23.3 Å². The van der Waals surface area contributed by atoms with Gasteiger partial charge in [-0.3, -0.25) is 0 Å². The molecule has 148 valence electrons. The molecule has 0 bridgehead atoms. The third kappa shape index (κ3) is 3.39. The number of hydrogen-bond acceptors (Lipinski definition) is 5. The van der Waals surface area contributed by atoms with Gasteiger partial charge >= 0.3 is 0 Å². The summed E-state index contributed by atoms with van der Waals surface area (Å²) in [7, 11) is 1.54. The number of rotatable bonds is 4. The average Bonchev–Trinajstić information content (AvgIpc) is 3.12. The van der Waals surface area contributed by atoms with Crippen LogP contribution < -0.4 is 10.5 Å². The normalized spacial score (nSPS) is 18.3. The zero-order chi connectivity index (χ0) is 20.6. The number of aromatic nitrogens is 1. The second kappa shape index (κ2) is 7.54. The first-order chi connectivity index (χ1) is 13.9. The van der Waals surface area contributed by atoms with Gasteiger partial charge in [-0.15, -0.1) is 0 Å². The Morgan fingerprint density at radius 1 is 1.10 bits per heavy atom. The largest absolute Gasteiger partial charge is 0.495 e. The van der Waals surface area contributed by atoms with E-state index in [0.29, 0.717) is 27.5 Å². The molecule has 1 aliphatic rings. The first-order valence-electron chi connectivity index (χ1n) is 8.67. The Morgan fingerprint density at radius 3 is 2.52 bits per heavy atom. The van der Waals surface area contributed by atoms with Crippen LogP contribution in [0, 0.1) is 5.82 Å². The van der Waals surface area contributed by atoms with Crippen molar-refractivity contribution in [3.8, 4) is 16.9 Å². The molecule has 0 amide bonds. The molecule has 1 unspecified atom stereocenters. The zero-order valence-electron chi connectivity index (χ0n) is 15.3. The summed E-state index contributed by atoms with van der Waals surface area (Å²) in [6, 6.07) is 13.5. The van der Waals surface area contributed by atoms with E-state index in [1.54, 1.807) is 42.6 Å². The van der Waals surface area contributed by atoms with Gasteiger partial charge in [0.2, 0.25) is 0 Å². The summed E-state index contributed by atoms with van der Waals surface area (Å²) in [4.78, 5) is 8.58. The highest BCUT2D eigenvalue weighted by Gasteiger charge is 2.41. The summed E-state index contributed by atoms with van der Waals surface area (Å²) in [5, 5.41) is 0.624. The van der Waals surface area contributed by atoms with Crippen molar-refractivity contribution >= 4 is 29.2 Å². The second-order valence-corrected chi connectivity index (χ2v) is 7.25.